The zero-order chi connectivity index (χ0) is 16.0. The maximum absolute atomic E-state index is 12.0. The minimum atomic E-state index is -3.44. The molecule has 0 radical (unpaired) electrons. The van der Waals surface area contributed by atoms with Gasteiger partial charge in [0.15, 0.2) is 0 Å². The molecule has 6 nitrogen and oxygen atoms in total. The van der Waals surface area contributed by atoms with Crippen LogP contribution in [0, 0.1) is 0 Å². The predicted molar refractivity (Wildman–Crippen MR) is 81.8 cm³/mol. The first-order valence-electron chi connectivity index (χ1n) is 7.37. The van der Waals surface area contributed by atoms with Crippen molar-refractivity contribution < 1.29 is 22.1 Å². The van der Waals surface area contributed by atoms with Crippen LogP contribution in [0.15, 0.2) is 30.3 Å². The fourth-order valence-electron chi connectivity index (χ4n) is 2.22. The molecule has 1 aliphatic rings. The van der Waals surface area contributed by atoms with Gasteiger partial charge in [0.25, 0.3) is 10.1 Å². The molecule has 0 atom stereocenters. The Bertz CT molecular complexity index is 579. The molecule has 0 saturated carbocycles. The zero-order valence-electron chi connectivity index (χ0n) is 12.6. The van der Waals surface area contributed by atoms with E-state index in [9.17, 15) is 13.2 Å². The van der Waals surface area contributed by atoms with Crippen LogP contribution in [0.4, 0.5) is 4.79 Å². The number of benzene rings is 1. The normalized spacial score (nSPS) is 16.5. The van der Waals surface area contributed by atoms with Crippen molar-refractivity contribution in [3.63, 3.8) is 0 Å². The molecule has 7 heteroatoms. The van der Waals surface area contributed by atoms with Gasteiger partial charge >= 0.3 is 6.09 Å². The number of nitrogens with zero attached hydrogens (tertiary/aromatic N) is 1. The Morgan fingerprint density at radius 1 is 1.23 bits per heavy atom. The minimum Gasteiger partial charge on any atom is -0.445 e. The molecule has 22 heavy (non-hydrogen) atoms. The fourth-order valence-corrected chi connectivity index (χ4v) is 2.96. The first kappa shape index (κ1) is 16.8. The van der Waals surface area contributed by atoms with Crippen LogP contribution in [-0.4, -0.2) is 44.4 Å². The van der Waals surface area contributed by atoms with Gasteiger partial charge in [-0.3, -0.25) is 4.18 Å². The highest BCUT2D eigenvalue weighted by Gasteiger charge is 2.27. The molecule has 1 aliphatic heterocycles. The lowest BCUT2D eigenvalue weighted by atomic mass is 10.1. The number of amides is 1. The molecule has 0 aromatic heterocycles. The number of carbonyl (C=O) groups excluding carboxylic acids is 1. The highest BCUT2D eigenvalue weighted by Crippen LogP contribution is 2.17. The van der Waals surface area contributed by atoms with Crippen LogP contribution in [0.3, 0.4) is 0 Å². The smallest absolute Gasteiger partial charge is 0.410 e. The summed E-state index contributed by atoms with van der Waals surface area (Å²) in [5.74, 6) is -0.0354. The van der Waals surface area contributed by atoms with Gasteiger partial charge in [0, 0.05) is 13.1 Å². The summed E-state index contributed by atoms with van der Waals surface area (Å²) in [6, 6.07) is 9.46. The van der Waals surface area contributed by atoms with Crippen molar-refractivity contribution in [2.24, 2.45) is 0 Å². The maximum atomic E-state index is 12.0. The molecule has 2 rings (SSSR count). The third-order valence-corrected chi connectivity index (χ3v) is 4.81. The largest absolute Gasteiger partial charge is 0.445 e. The van der Waals surface area contributed by atoms with Gasteiger partial charge in [-0.05, 0) is 25.3 Å². The molecule has 1 heterocycles. The highest BCUT2D eigenvalue weighted by molar-refractivity contribution is 7.86. The summed E-state index contributed by atoms with van der Waals surface area (Å²) in [4.78, 5) is 13.5. The third kappa shape index (κ3) is 4.99. The molecule has 1 aromatic carbocycles. The van der Waals surface area contributed by atoms with Crippen LogP contribution < -0.4 is 0 Å². The summed E-state index contributed by atoms with van der Waals surface area (Å²) in [6.07, 6.45) is 0.281. The topological polar surface area (TPSA) is 72.9 Å². The monoisotopic (exact) mass is 327 g/mol. The minimum absolute atomic E-state index is 0.0354. The average molecular weight is 327 g/mol. The second kappa shape index (κ2) is 7.60. The zero-order valence-corrected chi connectivity index (χ0v) is 13.4. The number of carbonyl (C=O) groups is 1. The third-order valence-electron chi connectivity index (χ3n) is 3.54. The molecule has 0 unspecified atom stereocenters. The number of ether oxygens (including phenoxy) is 1. The molecule has 0 bridgehead atoms. The van der Waals surface area contributed by atoms with E-state index in [1.165, 1.54) is 0 Å². The number of likely N-dealkylation sites (tertiary alicyclic amines) is 1. The van der Waals surface area contributed by atoms with Crippen molar-refractivity contribution >= 4 is 16.2 Å². The summed E-state index contributed by atoms with van der Waals surface area (Å²) in [7, 11) is -3.44. The van der Waals surface area contributed by atoms with Crippen LogP contribution in [-0.2, 0) is 25.6 Å². The van der Waals surface area contributed by atoms with Gasteiger partial charge < -0.3 is 9.64 Å². The number of rotatable bonds is 5. The maximum Gasteiger partial charge on any atom is 0.410 e. The Morgan fingerprint density at radius 3 is 2.45 bits per heavy atom. The van der Waals surface area contributed by atoms with Crippen molar-refractivity contribution in [1.29, 1.82) is 0 Å². The van der Waals surface area contributed by atoms with Crippen molar-refractivity contribution in [2.45, 2.75) is 32.5 Å². The molecule has 1 fully saturated rings. The van der Waals surface area contributed by atoms with Gasteiger partial charge in [-0.1, -0.05) is 30.3 Å². The lowest BCUT2D eigenvalue weighted by molar-refractivity contribution is 0.0658. The van der Waals surface area contributed by atoms with Crippen molar-refractivity contribution in [3.05, 3.63) is 35.9 Å². The fraction of sp³-hybridized carbons (Fsp3) is 0.533. The average Bonchev–Trinajstić information content (AvgIpc) is 2.54. The van der Waals surface area contributed by atoms with Gasteiger partial charge in [-0.25, -0.2) is 4.79 Å². The van der Waals surface area contributed by atoms with E-state index in [0.29, 0.717) is 25.9 Å². The first-order chi connectivity index (χ1) is 10.5. The van der Waals surface area contributed by atoms with Gasteiger partial charge in [0.1, 0.15) is 6.61 Å². The quantitative estimate of drug-likeness (QED) is 0.775. The molecule has 0 N–H and O–H groups in total. The number of piperidine rings is 1. The summed E-state index contributed by atoms with van der Waals surface area (Å²) in [5, 5.41) is 0. The lowest BCUT2D eigenvalue weighted by Crippen LogP contribution is -2.41. The van der Waals surface area contributed by atoms with Crippen molar-refractivity contribution in [1.82, 2.24) is 4.90 Å². The van der Waals surface area contributed by atoms with Gasteiger partial charge in [0.2, 0.25) is 0 Å². The summed E-state index contributed by atoms with van der Waals surface area (Å²) < 4.78 is 33.2. The Morgan fingerprint density at radius 2 is 1.86 bits per heavy atom. The van der Waals surface area contributed by atoms with E-state index in [-0.39, 0.29) is 24.6 Å². The van der Waals surface area contributed by atoms with Crippen LogP contribution >= 0.6 is 0 Å². The van der Waals surface area contributed by atoms with Crippen LogP contribution in [0.25, 0.3) is 0 Å². The van der Waals surface area contributed by atoms with E-state index in [1.807, 2.05) is 30.3 Å². The second-order valence-electron chi connectivity index (χ2n) is 5.17. The van der Waals surface area contributed by atoms with E-state index in [0.717, 1.165) is 5.56 Å². The van der Waals surface area contributed by atoms with Crippen LogP contribution in [0.5, 0.6) is 0 Å². The number of hydrogen-bond donors (Lipinski definition) is 0. The summed E-state index contributed by atoms with van der Waals surface area (Å²) in [5.41, 5.74) is 0.933. The van der Waals surface area contributed by atoms with Crippen LogP contribution in [0.2, 0.25) is 0 Å². The van der Waals surface area contributed by atoms with Crippen molar-refractivity contribution in [3.8, 4) is 0 Å². The molecule has 122 valence electrons. The van der Waals surface area contributed by atoms with E-state index < -0.39 is 10.1 Å². The van der Waals surface area contributed by atoms with Gasteiger partial charge in [-0.15, -0.1) is 0 Å². The van der Waals surface area contributed by atoms with E-state index in [2.05, 4.69) is 0 Å². The highest BCUT2D eigenvalue weighted by atomic mass is 32.2. The molecule has 1 amide bonds. The molecule has 1 saturated heterocycles. The number of hydrogen-bond acceptors (Lipinski definition) is 5. The molecule has 0 aliphatic carbocycles. The van der Waals surface area contributed by atoms with Crippen LogP contribution in [0.1, 0.15) is 25.3 Å². The molecular formula is C15H21NO5S. The lowest BCUT2D eigenvalue weighted by Gasteiger charge is -2.30. The second-order valence-corrected chi connectivity index (χ2v) is 7.05. The van der Waals surface area contributed by atoms with E-state index >= 15 is 0 Å². The molecular weight excluding hydrogens is 306 g/mol. The molecule has 1 aromatic rings. The van der Waals surface area contributed by atoms with Gasteiger partial charge in [0.05, 0.1) is 11.9 Å². The Kier molecular flexibility index (Phi) is 5.79. The Labute approximate surface area is 131 Å². The summed E-state index contributed by atoms with van der Waals surface area (Å²) >= 11 is 0. The standard InChI is InChI=1S/C15H21NO5S/c1-2-22(18,19)21-14-8-10-16(11-9-14)15(17)20-12-13-6-4-3-5-7-13/h3-7,14H,2,8-12H2,1H3. The first-order valence-corrected chi connectivity index (χ1v) is 8.94. The predicted octanol–water partition coefficient (Wildman–Crippen LogP) is 2.15. The summed E-state index contributed by atoms with van der Waals surface area (Å²) in [6.45, 7) is 2.67. The van der Waals surface area contributed by atoms with E-state index in [4.69, 9.17) is 8.92 Å². The van der Waals surface area contributed by atoms with E-state index in [1.54, 1.807) is 11.8 Å². The Hall–Kier alpha value is -1.60. The SMILES string of the molecule is CCS(=O)(=O)OC1CCN(C(=O)OCc2ccccc2)CC1. The Balaban J connectivity index is 1.75. The van der Waals surface area contributed by atoms with Crippen molar-refractivity contribution in [2.75, 3.05) is 18.8 Å². The molecule has 0 spiro atoms. The van der Waals surface area contributed by atoms with Gasteiger partial charge in [-0.2, -0.15) is 8.42 Å².